The van der Waals surface area contributed by atoms with Crippen LogP contribution in [0.25, 0.3) is 11.1 Å². The molecule has 0 atom stereocenters. The molecule has 136 valence electrons. The number of ether oxygens (including phenoxy) is 1. The third-order valence-electron chi connectivity index (χ3n) is 5.19. The van der Waals surface area contributed by atoms with E-state index in [1.165, 1.54) is 22.3 Å². The van der Waals surface area contributed by atoms with Gasteiger partial charge in [-0.2, -0.15) is 0 Å². The molecule has 1 aliphatic carbocycles. The van der Waals surface area contributed by atoms with E-state index < -0.39 is 6.09 Å². The Morgan fingerprint density at radius 1 is 0.963 bits per heavy atom. The topological polar surface area (TPSA) is 58.6 Å². The molecule has 3 aromatic rings. The predicted molar refractivity (Wildman–Crippen MR) is 106 cm³/mol. The summed E-state index contributed by atoms with van der Waals surface area (Å²) in [5.41, 5.74) is 7.02. The Hall–Kier alpha value is -3.27. The minimum absolute atomic E-state index is 0.0106. The number of aryl methyl sites for hydroxylation is 2. The molecule has 0 spiro atoms. The van der Waals surface area contributed by atoms with Crippen LogP contribution < -0.4 is 5.32 Å². The van der Waals surface area contributed by atoms with Crippen LogP contribution in [-0.4, -0.2) is 17.8 Å². The minimum atomic E-state index is -0.574. The maximum atomic E-state index is 12.3. The highest BCUT2D eigenvalue weighted by Gasteiger charge is 2.29. The zero-order valence-electron chi connectivity index (χ0n) is 15.3. The fraction of sp³-hybridized carbons (Fsp3) is 0.174. The van der Waals surface area contributed by atoms with Crippen molar-refractivity contribution in [1.82, 2.24) is 0 Å². The summed E-state index contributed by atoms with van der Waals surface area (Å²) < 4.78 is 5.51. The number of fused-ring (bicyclic) bond motifs is 3. The number of amides is 1. The number of benzene rings is 3. The molecular formula is C23H21NO3. The average Bonchev–Trinajstić information content (AvgIpc) is 2.98. The van der Waals surface area contributed by atoms with Crippen LogP contribution in [0.5, 0.6) is 5.75 Å². The van der Waals surface area contributed by atoms with Gasteiger partial charge in [0.25, 0.3) is 0 Å². The molecule has 1 amide bonds. The Morgan fingerprint density at radius 3 is 2.15 bits per heavy atom. The number of hydrogen-bond donors (Lipinski definition) is 2. The van der Waals surface area contributed by atoms with Crippen molar-refractivity contribution in [3.05, 3.63) is 82.9 Å². The van der Waals surface area contributed by atoms with E-state index in [1.807, 2.05) is 38.1 Å². The van der Waals surface area contributed by atoms with Crippen molar-refractivity contribution in [3.8, 4) is 16.9 Å². The molecule has 4 rings (SSSR count). The first-order valence-corrected chi connectivity index (χ1v) is 8.97. The molecule has 0 unspecified atom stereocenters. The largest absolute Gasteiger partial charge is 0.506 e. The Morgan fingerprint density at radius 2 is 1.52 bits per heavy atom. The van der Waals surface area contributed by atoms with E-state index in [-0.39, 0.29) is 18.3 Å². The van der Waals surface area contributed by atoms with Crippen molar-refractivity contribution in [1.29, 1.82) is 0 Å². The smallest absolute Gasteiger partial charge is 0.411 e. The molecule has 0 aliphatic heterocycles. The summed E-state index contributed by atoms with van der Waals surface area (Å²) >= 11 is 0. The second-order valence-corrected chi connectivity index (χ2v) is 6.90. The zero-order valence-corrected chi connectivity index (χ0v) is 15.3. The summed E-state index contributed by atoms with van der Waals surface area (Å²) in [5, 5.41) is 12.7. The van der Waals surface area contributed by atoms with E-state index in [0.29, 0.717) is 5.69 Å². The molecule has 0 heterocycles. The molecule has 0 saturated carbocycles. The van der Waals surface area contributed by atoms with Gasteiger partial charge in [0.1, 0.15) is 12.4 Å². The number of aromatic hydroxyl groups is 1. The lowest BCUT2D eigenvalue weighted by Gasteiger charge is -2.15. The van der Waals surface area contributed by atoms with Gasteiger partial charge in [0.05, 0.1) is 5.69 Å². The van der Waals surface area contributed by atoms with Crippen LogP contribution in [-0.2, 0) is 4.74 Å². The predicted octanol–water partition coefficient (Wildman–Crippen LogP) is 5.37. The highest BCUT2D eigenvalue weighted by molar-refractivity contribution is 5.87. The normalized spacial score (nSPS) is 12.4. The standard InChI is InChI=1S/C23H21NO3/c1-14-11-21(22(25)12-15(14)2)24-23(26)27-13-20-18-9-5-3-7-16(18)17-8-4-6-10-19(17)20/h3-12,20,25H,13H2,1-2H3,(H,24,26). The molecule has 4 heteroatoms. The van der Waals surface area contributed by atoms with Crippen LogP contribution in [0.15, 0.2) is 60.7 Å². The van der Waals surface area contributed by atoms with Crippen molar-refractivity contribution in [2.45, 2.75) is 19.8 Å². The first-order chi connectivity index (χ1) is 13.0. The molecule has 4 nitrogen and oxygen atoms in total. The number of carbonyl (C=O) groups is 1. The van der Waals surface area contributed by atoms with Crippen LogP contribution in [0.3, 0.4) is 0 Å². The Bertz CT molecular complexity index is 980. The number of phenols is 1. The van der Waals surface area contributed by atoms with Crippen LogP contribution in [0.1, 0.15) is 28.2 Å². The van der Waals surface area contributed by atoms with E-state index >= 15 is 0 Å². The van der Waals surface area contributed by atoms with E-state index in [4.69, 9.17) is 4.74 Å². The van der Waals surface area contributed by atoms with Gasteiger partial charge < -0.3 is 9.84 Å². The number of carbonyl (C=O) groups excluding carboxylic acids is 1. The second-order valence-electron chi connectivity index (χ2n) is 6.90. The summed E-state index contributed by atoms with van der Waals surface area (Å²) in [6.45, 7) is 4.08. The van der Waals surface area contributed by atoms with E-state index in [9.17, 15) is 9.90 Å². The number of hydrogen-bond acceptors (Lipinski definition) is 3. The van der Waals surface area contributed by atoms with Gasteiger partial charge in [0.15, 0.2) is 0 Å². The highest BCUT2D eigenvalue weighted by Crippen LogP contribution is 2.44. The average molecular weight is 359 g/mol. The lowest BCUT2D eigenvalue weighted by molar-refractivity contribution is 0.158. The third kappa shape index (κ3) is 3.14. The monoisotopic (exact) mass is 359 g/mol. The summed E-state index contributed by atoms with van der Waals surface area (Å²) in [5.74, 6) is 0.0445. The summed E-state index contributed by atoms with van der Waals surface area (Å²) in [6.07, 6.45) is -0.574. The van der Waals surface area contributed by atoms with Crippen LogP contribution in [0, 0.1) is 13.8 Å². The fourth-order valence-corrected chi connectivity index (χ4v) is 3.65. The Kier molecular flexibility index (Phi) is 4.32. The molecule has 3 aromatic carbocycles. The zero-order chi connectivity index (χ0) is 19.0. The van der Waals surface area contributed by atoms with E-state index in [0.717, 1.165) is 11.1 Å². The second kappa shape index (κ2) is 6.80. The molecule has 0 aromatic heterocycles. The maximum absolute atomic E-state index is 12.3. The quantitative estimate of drug-likeness (QED) is 0.618. The fourth-order valence-electron chi connectivity index (χ4n) is 3.65. The Labute approximate surface area is 158 Å². The third-order valence-corrected chi connectivity index (χ3v) is 5.19. The highest BCUT2D eigenvalue weighted by atomic mass is 16.5. The Balaban J connectivity index is 1.51. The molecule has 0 fully saturated rings. The lowest BCUT2D eigenvalue weighted by Crippen LogP contribution is -2.18. The lowest BCUT2D eigenvalue weighted by atomic mass is 9.98. The van der Waals surface area contributed by atoms with Gasteiger partial charge in [0, 0.05) is 5.92 Å². The van der Waals surface area contributed by atoms with Crippen LogP contribution in [0.4, 0.5) is 10.5 Å². The van der Waals surface area contributed by atoms with Gasteiger partial charge >= 0.3 is 6.09 Å². The van der Waals surface area contributed by atoms with Gasteiger partial charge in [-0.15, -0.1) is 0 Å². The van der Waals surface area contributed by atoms with Gasteiger partial charge in [0.2, 0.25) is 0 Å². The van der Waals surface area contributed by atoms with Gasteiger partial charge in [-0.1, -0.05) is 48.5 Å². The molecule has 0 radical (unpaired) electrons. The van der Waals surface area contributed by atoms with Crippen molar-refractivity contribution in [3.63, 3.8) is 0 Å². The summed E-state index contributed by atoms with van der Waals surface area (Å²) in [6, 6.07) is 19.8. The van der Waals surface area contributed by atoms with E-state index in [1.54, 1.807) is 12.1 Å². The van der Waals surface area contributed by atoms with Crippen LogP contribution in [0.2, 0.25) is 0 Å². The van der Waals surface area contributed by atoms with Crippen molar-refractivity contribution in [2.24, 2.45) is 0 Å². The van der Waals surface area contributed by atoms with Crippen molar-refractivity contribution < 1.29 is 14.6 Å². The number of phenolic OH excluding ortho intramolecular Hbond substituents is 1. The molecule has 0 bridgehead atoms. The maximum Gasteiger partial charge on any atom is 0.411 e. The summed E-state index contributed by atoms with van der Waals surface area (Å²) in [7, 11) is 0. The van der Waals surface area contributed by atoms with Crippen molar-refractivity contribution >= 4 is 11.8 Å². The van der Waals surface area contributed by atoms with Gasteiger partial charge in [-0.3, -0.25) is 5.32 Å². The first-order valence-electron chi connectivity index (χ1n) is 8.97. The number of rotatable bonds is 3. The van der Waals surface area contributed by atoms with Crippen LogP contribution >= 0.6 is 0 Å². The van der Waals surface area contributed by atoms with E-state index in [2.05, 4.69) is 29.6 Å². The number of nitrogens with one attached hydrogen (secondary N) is 1. The first kappa shape index (κ1) is 17.2. The van der Waals surface area contributed by atoms with Gasteiger partial charge in [-0.05, 0) is 59.4 Å². The summed E-state index contributed by atoms with van der Waals surface area (Å²) in [4.78, 5) is 12.3. The SMILES string of the molecule is Cc1cc(O)c(NC(=O)OCC2c3ccccc3-c3ccccc32)cc1C. The molecule has 2 N–H and O–H groups in total. The van der Waals surface area contributed by atoms with Crippen molar-refractivity contribution in [2.75, 3.05) is 11.9 Å². The molecule has 27 heavy (non-hydrogen) atoms. The number of anilines is 1. The molecule has 0 saturated heterocycles. The minimum Gasteiger partial charge on any atom is -0.506 e. The molecular weight excluding hydrogens is 338 g/mol. The van der Waals surface area contributed by atoms with Gasteiger partial charge in [-0.25, -0.2) is 4.79 Å². The molecule has 1 aliphatic rings.